The van der Waals surface area contributed by atoms with E-state index in [-0.39, 0.29) is 23.7 Å². The average molecular weight is 508 g/mol. The Labute approximate surface area is 219 Å². The number of Topliss-reactive ketones (excluding diaryl/α,β-unsaturated/α-hetero) is 1. The highest BCUT2D eigenvalue weighted by Gasteiger charge is 2.47. The molecule has 0 bridgehead atoms. The van der Waals surface area contributed by atoms with Crippen molar-refractivity contribution < 1.29 is 29.0 Å². The molecular formula is C31H25NO6. The molecule has 0 saturated carbocycles. The Bertz CT molecular complexity index is 1580. The third-order valence-electron chi connectivity index (χ3n) is 6.69. The number of ketones is 1. The van der Waals surface area contributed by atoms with E-state index in [1.807, 2.05) is 30.3 Å². The first-order valence-electron chi connectivity index (χ1n) is 12.0. The Kier molecular flexibility index (Phi) is 6.66. The summed E-state index contributed by atoms with van der Waals surface area (Å²) >= 11 is 0. The minimum atomic E-state index is -0.907. The van der Waals surface area contributed by atoms with Gasteiger partial charge in [0, 0.05) is 11.3 Å². The standard InChI is InChI=1S/C31H25NO6/c1-37-23-10-5-9-21(18-23)28-27(29(34)25-12-6-8-20-7-3-4-11-24(20)25)30(35)31(36)32(28)22-15-13-19(14-16-22)17-26(33)38-2/h3-16,18,28,34H,17H2,1-2H3/b29-27-. The highest BCUT2D eigenvalue weighted by atomic mass is 16.5. The Balaban J connectivity index is 1.69. The topological polar surface area (TPSA) is 93.1 Å². The van der Waals surface area contributed by atoms with Crippen LogP contribution in [-0.2, 0) is 25.5 Å². The van der Waals surface area contributed by atoms with Crippen molar-refractivity contribution in [2.24, 2.45) is 0 Å². The van der Waals surface area contributed by atoms with Crippen molar-refractivity contribution in [2.45, 2.75) is 12.5 Å². The van der Waals surface area contributed by atoms with E-state index in [1.54, 1.807) is 60.7 Å². The molecule has 1 aliphatic rings. The number of carbonyl (C=O) groups excluding carboxylic acids is 3. The number of hydrogen-bond acceptors (Lipinski definition) is 6. The van der Waals surface area contributed by atoms with E-state index in [4.69, 9.17) is 9.47 Å². The highest BCUT2D eigenvalue weighted by molar-refractivity contribution is 6.51. The molecule has 7 heteroatoms. The molecule has 1 atom stereocenters. The van der Waals surface area contributed by atoms with Crippen LogP contribution in [0.2, 0.25) is 0 Å². The molecular weight excluding hydrogens is 482 g/mol. The number of ether oxygens (including phenoxy) is 2. The van der Waals surface area contributed by atoms with Crippen LogP contribution in [0.5, 0.6) is 5.75 Å². The average Bonchev–Trinajstić information content (AvgIpc) is 3.22. The minimum Gasteiger partial charge on any atom is -0.507 e. The molecule has 1 aliphatic heterocycles. The number of carbonyl (C=O) groups is 3. The fraction of sp³-hybridized carbons (Fsp3) is 0.129. The molecule has 4 aromatic rings. The molecule has 38 heavy (non-hydrogen) atoms. The molecule has 1 fully saturated rings. The molecule has 0 aromatic heterocycles. The highest BCUT2D eigenvalue weighted by Crippen LogP contribution is 2.43. The molecule has 1 unspecified atom stereocenters. The molecule has 1 saturated heterocycles. The molecule has 1 N–H and O–H groups in total. The zero-order valence-electron chi connectivity index (χ0n) is 20.9. The molecule has 0 aliphatic carbocycles. The van der Waals surface area contributed by atoms with Crippen LogP contribution in [0.15, 0.2) is 96.6 Å². The summed E-state index contributed by atoms with van der Waals surface area (Å²) in [7, 11) is 2.85. The first-order chi connectivity index (χ1) is 18.4. The first kappa shape index (κ1) is 24.8. The first-order valence-corrected chi connectivity index (χ1v) is 12.0. The van der Waals surface area contributed by atoms with Crippen LogP contribution in [0.4, 0.5) is 5.69 Å². The Morgan fingerprint density at radius 2 is 1.61 bits per heavy atom. The molecule has 5 rings (SSSR count). The van der Waals surface area contributed by atoms with Crippen molar-refractivity contribution in [1.29, 1.82) is 0 Å². The lowest BCUT2D eigenvalue weighted by molar-refractivity contribution is -0.139. The van der Waals surface area contributed by atoms with Crippen LogP contribution in [0.3, 0.4) is 0 Å². The maximum absolute atomic E-state index is 13.5. The minimum absolute atomic E-state index is 0.0155. The predicted octanol–water partition coefficient (Wildman–Crippen LogP) is 5.19. The summed E-state index contributed by atoms with van der Waals surface area (Å²) in [6.07, 6.45) is 0.0794. The maximum Gasteiger partial charge on any atom is 0.309 e. The smallest absolute Gasteiger partial charge is 0.309 e. The number of benzene rings is 4. The molecule has 7 nitrogen and oxygen atoms in total. The number of fused-ring (bicyclic) bond motifs is 1. The van der Waals surface area contributed by atoms with Gasteiger partial charge in [0.25, 0.3) is 11.7 Å². The third-order valence-corrected chi connectivity index (χ3v) is 6.69. The second-order valence-electron chi connectivity index (χ2n) is 8.89. The number of rotatable bonds is 6. The SMILES string of the molecule is COC(=O)Cc1ccc(N2C(=O)C(=O)/C(=C(\O)c3cccc4ccccc34)C2c2cccc(OC)c2)cc1. The van der Waals surface area contributed by atoms with E-state index >= 15 is 0 Å². The normalized spacial score (nSPS) is 16.6. The van der Waals surface area contributed by atoms with Crippen molar-refractivity contribution in [2.75, 3.05) is 19.1 Å². The van der Waals surface area contributed by atoms with E-state index < -0.39 is 17.7 Å². The van der Waals surface area contributed by atoms with E-state index in [0.717, 1.165) is 10.8 Å². The van der Waals surface area contributed by atoms with E-state index in [2.05, 4.69) is 0 Å². The number of nitrogens with zero attached hydrogens (tertiary/aromatic N) is 1. The number of esters is 1. The molecule has 0 radical (unpaired) electrons. The van der Waals surface area contributed by atoms with Gasteiger partial charge in [0.1, 0.15) is 11.5 Å². The van der Waals surface area contributed by atoms with Crippen LogP contribution in [0, 0.1) is 0 Å². The lowest BCUT2D eigenvalue weighted by Crippen LogP contribution is -2.29. The summed E-state index contributed by atoms with van der Waals surface area (Å²) in [4.78, 5) is 40.1. The van der Waals surface area contributed by atoms with Gasteiger partial charge in [-0.25, -0.2) is 0 Å². The van der Waals surface area contributed by atoms with Crippen molar-refractivity contribution in [3.63, 3.8) is 0 Å². The number of amides is 1. The van der Waals surface area contributed by atoms with Gasteiger partial charge in [-0.3, -0.25) is 19.3 Å². The van der Waals surface area contributed by atoms with Crippen molar-refractivity contribution >= 4 is 39.9 Å². The van der Waals surface area contributed by atoms with Gasteiger partial charge in [0.15, 0.2) is 0 Å². The Morgan fingerprint density at radius 3 is 2.34 bits per heavy atom. The van der Waals surface area contributed by atoms with Gasteiger partial charge in [-0.1, -0.05) is 66.7 Å². The van der Waals surface area contributed by atoms with Gasteiger partial charge in [-0.15, -0.1) is 0 Å². The van der Waals surface area contributed by atoms with Crippen LogP contribution >= 0.6 is 0 Å². The Hall–Kier alpha value is -4.91. The maximum atomic E-state index is 13.5. The summed E-state index contributed by atoms with van der Waals surface area (Å²) in [5.74, 6) is -1.64. The quantitative estimate of drug-likeness (QED) is 0.167. The summed E-state index contributed by atoms with van der Waals surface area (Å²) in [5, 5.41) is 13.3. The predicted molar refractivity (Wildman–Crippen MR) is 144 cm³/mol. The lowest BCUT2D eigenvalue weighted by Gasteiger charge is -2.26. The van der Waals surface area contributed by atoms with Crippen molar-refractivity contribution in [3.8, 4) is 5.75 Å². The van der Waals surface area contributed by atoms with E-state index in [0.29, 0.717) is 28.1 Å². The number of aliphatic hydroxyl groups is 1. The number of hydrogen-bond donors (Lipinski definition) is 1. The summed E-state index contributed by atoms with van der Waals surface area (Å²) < 4.78 is 10.1. The number of methoxy groups -OCH3 is 2. The largest absolute Gasteiger partial charge is 0.507 e. The second-order valence-corrected chi connectivity index (χ2v) is 8.89. The summed E-state index contributed by atoms with van der Waals surface area (Å²) in [6, 6.07) is 25.9. The van der Waals surface area contributed by atoms with Gasteiger partial charge in [-0.2, -0.15) is 0 Å². The van der Waals surface area contributed by atoms with Crippen LogP contribution in [0.1, 0.15) is 22.7 Å². The van der Waals surface area contributed by atoms with Gasteiger partial charge >= 0.3 is 5.97 Å². The van der Waals surface area contributed by atoms with Gasteiger partial charge in [0.2, 0.25) is 0 Å². The zero-order valence-corrected chi connectivity index (χ0v) is 20.9. The number of anilines is 1. The van der Waals surface area contributed by atoms with Crippen LogP contribution < -0.4 is 9.64 Å². The van der Waals surface area contributed by atoms with Crippen LogP contribution in [-0.4, -0.2) is 37.0 Å². The fourth-order valence-corrected chi connectivity index (χ4v) is 4.82. The summed E-state index contributed by atoms with van der Waals surface area (Å²) in [5.41, 5.74) is 2.20. The zero-order chi connectivity index (χ0) is 26.8. The van der Waals surface area contributed by atoms with Crippen molar-refractivity contribution in [3.05, 3.63) is 113 Å². The van der Waals surface area contributed by atoms with E-state index in [1.165, 1.54) is 19.1 Å². The fourth-order valence-electron chi connectivity index (χ4n) is 4.82. The molecule has 4 aromatic carbocycles. The van der Waals surface area contributed by atoms with E-state index in [9.17, 15) is 19.5 Å². The summed E-state index contributed by atoms with van der Waals surface area (Å²) in [6.45, 7) is 0. The molecule has 1 amide bonds. The van der Waals surface area contributed by atoms with Gasteiger partial charge < -0.3 is 14.6 Å². The monoisotopic (exact) mass is 507 g/mol. The molecule has 0 spiro atoms. The van der Waals surface area contributed by atoms with Gasteiger partial charge in [-0.05, 0) is 46.2 Å². The Morgan fingerprint density at radius 1 is 0.895 bits per heavy atom. The molecule has 1 heterocycles. The lowest BCUT2D eigenvalue weighted by atomic mass is 9.93. The van der Waals surface area contributed by atoms with Gasteiger partial charge in [0.05, 0.1) is 32.3 Å². The molecule has 190 valence electrons. The van der Waals surface area contributed by atoms with Crippen LogP contribution in [0.25, 0.3) is 16.5 Å². The number of aliphatic hydroxyl groups excluding tert-OH is 1. The second kappa shape index (κ2) is 10.2. The third kappa shape index (κ3) is 4.39. The van der Waals surface area contributed by atoms with Crippen molar-refractivity contribution in [1.82, 2.24) is 0 Å².